The Bertz CT molecular complexity index is 543. The van der Waals surface area contributed by atoms with Gasteiger partial charge in [0.25, 0.3) is 5.91 Å². The van der Waals surface area contributed by atoms with Crippen molar-refractivity contribution in [3.8, 4) is 0 Å². The average Bonchev–Trinajstić information content (AvgIpc) is 2.47. The van der Waals surface area contributed by atoms with Crippen LogP contribution in [0.5, 0.6) is 0 Å². The molecule has 0 aliphatic heterocycles. The molecule has 0 unspecified atom stereocenters. The zero-order valence-electron chi connectivity index (χ0n) is 10.8. The van der Waals surface area contributed by atoms with Crippen LogP contribution in [-0.2, 0) is 5.75 Å². The molecule has 1 aromatic heterocycles. The van der Waals surface area contributed by atoms with Gasteiger partial charge in [0.1, 0.15) is 5.03 Å². The zero-order valence-corrected chi connectivity index (χ0v) is 11.6. The molecule has 1 N–H and O–H groups in total. The monoisotopic (exact) mass is 272 g/mol. The number of rotatable bonds is 5. The summed E-state index contributed by atoms with van der Waals surface area (Å²) in [6.45, 7) is 2.53. The second-order valence-corrected chi connectivity index (χ2v) is 4.95. The Morgan fingerprint density at radius 1 is 1.21 bits per heavy atom. The summed E-state index contributed by atoms with van der Waals surface area (Å²) >= 11 is 1.58. The van der Waals surface area contributed by atoms with Crippen LogP contribution < -0.4 is 5.32 Å². The van der Waals surface area contributed by atoms with Crippen molar-refractivity contribution >= 4 is 17.7 Å². The van der Waals surface area contributed by atoms with Crippen LogP contribution in [0.4, 0.5) is 0 Å². The second kappa shape index (κ2) is 6.95. The second-order valence-electron chi connectivity index (χ2n) is 3.99. The van der Waals surface area contributed by atoms with Crippen molar-refractivity contribution in [2.24, 2.45) is 0 Å². The van der Waals surface area contributed by atoms with E-state index < -0.39 is 0 Å². The minimum atomic E-state index is -0.0637. The number of nitrogens with one attached hydrogen (secondary N) is 1. The van der Waals surface area contributed by atoms with Crippen LogP contribution in [0, 0.1) is 0 Å². The van der Waals surface area contributed by atoms with Crippen molar-refractivity contribution in [1.29, 1.82) is 0 Å². The van der Waals surface area contributed by atoms with Gasteiger partial charge in [-0.25, -0.2) is 4.98 Å². The molecule has 1 heterocycles. The number of pyridine rings is 1. The number of amides is 1. The van der Waals surface area contributed by atoms with E-state index in [0.29, 0.717) is 12.1 Å². The highest BCUT2D eigenvalue weighted by atomic mass is 32.2. The van der Waals surface area contributed by atoms with Crippen LogP contribution >= 0.6 is 11.8 Å². The van der Waals surface area contributed by atoms with Crippen molar-refractivity contribution in [2.75, 3.05) is 6.54 Å². The Balaban J connectivity index is 2.10. The number of carbonyl (C=O) groups is 1. The van der Waals surface area contributed by atoms with E-state index in [1.165, 1.54) is 5.56 Å². The molecule has 0 aliphatic carbocycles. The third-order valence-electron chi connectivity index (χ3n) is 2.57. The van der Waals surface area contributed by atoms with Crippen LogP contribution in [0.2, 0.25) is 0 Å². The molecule has 0 saturated carbocycles. The van der Waals surface area contributed by atoms with Crippen molar-refractivity contribution in [2.45, 2.75) is 17.7 Å². The van der Waals surface area contributed by atoms with Crippen molar-refractivity contribution in [3.05, 3.63) is 59.8 Å². The molecule has 0 aliphatic rings. The van der Waals surface area contributed by atoms with Crippen molar-refractivity contribution < 1.29 is 4.79 Å². The highest BCUT2D eigenvalue weighted by Crippen LogP contribution is 2.23. The minimum Gasteiger partial charge on any atom is -0.352 e. The smallest absolute Gasteiger partial charge is 0.254 e. The Kier molecular flexibility index (Phi) is 4.98. The van der Waals surface area contributed by atoms with Gasteiger partial charge in [-0.05, 0) is 24.6 Å². The third-order valence-corrected chi connectivity index (χ3v) is 3.65. The lowest BCUT2D eigenvalue weighted by Crippen LogP contribution is -2.23. The molecule has 4 heteroatoms. The summed E-state index contributed by atoms with van der Waals surface area (Å²) < 4.78 is 0. The molecule has 3 nitrogen and oxygen atoms in total. The topological polar surface area (TPSA) is 42.0 Å². The fourth-order valence-electron chi connectivity index (χ4n) is 1.66. The quantitative estimate of drug-likeness (QED) is 0.850. The van der Waals surface area contributed by atoms with E-state index in [-0.39, 0.29) is 5.91 Å². The maximum atomic E-state index is 11.9. The van der Waals surface area contributed by atoms with E-state index in [1.54, 1.807) is 24.0 Å². The summed E-state index contributed by atoms with van der Waals surface area (Å²) in [5.41, 5.74) is 1.87. The molecule has 0 atom stereocenters. The van der Waals surface area contributed by atoms with Crippen LogP contribution in [0.15, 0.2) is 53.7 Å². The first kappa shape index (κ1) is 13.6. The first-order valence-corrected chi connectivity index (χ1v) is 7.19. The van der Waals surface area contributed by atoms with E-state index in [0.717, 1.165) is 10.8 Å². The molecule has 0 fully saturated rings. The molecule has 0 saturated heterocycles. The standard InChI is InChI=1S/C15H16N2OS/c1-2-16-14(18)13-9-6-10-17-15(13)19-11-12-7-4-3-5-8-12/h3-10H,2,11H2,1H3,(H,16,18). The number of thioether (sulfide) groups is 1. The largest absolute Gasteiger partial charge is 0.352 e. The lowest BCUT2D eigenvalue weighted by Gasteiger charge is -2.07. The first-order chi connectivity index (χ1) is 9.31. The van der Waals surface area contributed by atoms with Crippen molar-refractivity contribution in [1.82, 2.24) is 10.3 Å². The van der Waals surface area contributed by atoms with E-state index >= 15 is 0 Å². The van der Waals surface area contributed by atoms with E-state index in [9.17, 15) is 4.79 Å². The average molecular weight is 272 g/mol. The fourth-order valence-corrected chi connectivity index (χ4v) is 2.61. The van der Waals surface area contributed by atoms with Crippen LogP contribution in [0.3, 0.4) is 0 Å². The molecular formula is C15H16N2OS. The summed E-state index contributed by atoms with van der Waals surface area (Å²) in [5.74, 6) is 0.746. The summed E-state index contributed by atoms with van der Waals surface area (Å²) in [6, 6.07) is 13.8. The van der Waals surface area contributed by atoms with Gasteiger partial charge in [0, 0.05) is 18.5 Å². The van der Waals surface area contributed by atoms with Gasteiger partial charge >= 0.3 is 0 Å². The number of benzene rings is 1. The summed E-state index contributed by atoms with van der Waals surface area (Å²) in [5, 5.41) is 3.58. The lowest BCUT2D eigenvalue weighted by molar-refractivity contribution is 0.0952. The molecule has 1 aromatic carbocycles. The van der Waals surface area contributed by atoms with Crippen LogP contribution in [-0.4, -0.2) is 17.4 Å². The van der Waals surface area contributed by atoms with E-state index in [1.807, 2.05) is 31.2 Å². The molecule has 0 radical (unpaired) electrons. The van der Waals surface area contributed by atoms with Gasteiger partial charge in [0.15, 0.2) is 0 Å². The maximum Gasteiger partial charge on any atom is 0.254 e. The van der Waals surface area contributed by atoms with Crippen molar-refractivity contribution in [3.63, 3.8) is 0 Å². The highest BCUT2D eigenvalue weighted by Gasteiger charge is 2.11. The normalized spacial score (nSPS) is 10.2. The number of carbonyl (C=O) groups excluding carboxylic acids is 1. The lowest BCUT2D eigenvalue weighted by atomic mass is 10.2. The summed E-state index contributed by atoms with van der Waals surface area (Å²) in [6.07, 6.45) is 1.72. The van der Waals surface area contributed by atoms with Gasteiger partial charge in [-0.15, -0.1) is 11.8 Å². The number of hydrogen-bond donors (Lipinski definition) is 1. The fraction of sp³-hybridized carbons (Fsp3) is 0.200. The molecule has 0 spiro atoms. The van der Waals surface area contributed by atoms with Gasteiger partial charge < -0.3 is 5.32 Å². The molecular weight excluding hydrogens is 256 g/mol. The number of aromatic nitrogens is 1. The molecule has 98 valence electrons. The Hall–Kier alpha value is -1.81. The zero-order chi connectivity index (χ0) is 13.5. The van der Waals surface area contributed by atoms with Gasteiger partial charge in [-0.1, -0.05) is 30.3 Å². The van der Waals surface area contributed by atoms with Gasteiger partial charge in [0.2, 0.25) is 0 Å². The highest BCUT2D eigenvalue weighted by molar-refractivity contribution is 7.98. The van der Waals surface area contributed by atoms with Gasteiger partial charge in [-0.3, -0.25) is 4.79 Å². The molecule has 1 amide bonds. The molecule has 19 heavy (non-hydrogen) atoms. The number of nitrogens with zero attached hydrogens (tertiary/aromatic N) is 1. The Morgan fingerprint density at radius 3 is 2.74 bits per heavy atom. The third kappa shape index (κ3) is 3.83. The molecule has 2 aromatic rings. The number of hydrogen-bond acceptors (Lipinski definition) is 3. The molecule has 0 bridgehead atoms. The first-order valence-electron chi connectivity index (χ1n) is 6.21. The maximum absolute atomic E-state index is 11.9. The predicted octanol–water partition coefficient (Wildman–Crippen LogP) is 3.12. The Morgan fingerprint density at radius 2 is 2.00 bits per heavy atom. The van der Waals surface area contributed by atoms with Crippen LogP contribution in [0.25, 0.3) is 0 Å². The Labute approximate surface area is 117 Å². The summed E-state index contributed by atoms with van der Waals surface area (Å²) in [7, 11) is 0. The minimum absolute atomic E-state index is 0.0637. The van der Waals surface area contributed by atoms with E-state index in [4.69, 9.17) is 0 Å². The predicted molar refractivity (Wildman–Crippen MR) is 78.2 cm³/mol. The summed E-state index contributed by atoms with van der Waals surface area (Å²) in [4.78, 5) is 16.2. The van der Waals surface area contributed by atoms with Gasteiger partial charge in [0.05, 0.1) is 5.56 Å². The molecule has 2 rings (SSSR count). The van der Waals surface area contributed by atoms with Crippen LogP contribution in [0.1, 0.15) is 22.8 Å². The SMILES string of the molecule is CCNC(=O)c1cccnc1SCc1ccccc1. The van der Waals surface area contributed by atoms with Gasteiger partial charge in [-0.2, -0.15) is 0 Å². The van der Waals surface area contributed by atoms with E-state index in [2.05, 4.69) is 22.4 Å².